The molecule has 1 fully saturated rings. The second-order valence-electron chi connectivity index (χ2n) is 5.67. The van der Waals surface area contributed by atoms with Gasteiger partial charge in [-0.05, 0) is 24.6 Å². The maximum Gasteiger partial charge on any atom is 0.258 e. The van der Waals surface area contributed by atoms with Crippen LogP contribution in [-0.2, 0) is 4.79 Å². The molecule has 4 rings (SSSR count). The largest absolute Gasteiger partial charge is 0.468 e. The molecule has 24 heavy (non-hydrogen) atoms. The molecule has 1 amide bonds. The van der Waals surface area contributed by atoms with Crippen LogP contribution in [0.1, 0.15) is 23.8 Å². The molecule has 2 aromatic heterocycles. The highest BCUT2D eigenvalue weighted by Gasteiger charge is 2.31. The predicted octanol–water partition coefficient (Wildman–Crippen LogP) is 1.82. The van der Waals surface area contributed by atoms with Crippen LogP contribution in [0.15, 0.2) is 58.4 Å². The van der Waals surface area contributed by atoms with Gasteiger partial charge in [0.1, 0.15) is 11.8 Å². The lowest BCUT2D eigenvalue weighted by atomic mass is 10.1. The van der Waals surface area contributed by atoms with Crippen molar-refractivity contribution in [3.8, 4) is 0 Å². The molecule has 7 heteroatoms. The zero-order valence-electron chi connectivity index (χ0n) is 12.8. The van der Waals surface area contributed by atoms with E-state index in [1.807, 2.05) is 42.6 Å². The van der Waals surface area contributed by atoms with Crippen LogP contribution in [-0.4, -0.2) is 23.1 Å². The summed E-state index contributed by atoms with van der Waals surface area (Å²) in [5.41, 5.74) is 10.6. The monoisotopic (exact) mass is 323 g/mol. The molecule has 4 N–H and O–H groups in total. The van der Waals surface area contributed by atoms with Gasteiger partial charge in [-0.3, -0.25) is 4.79 Å². The minimum atomic E-state index is -0.361. The van der Waals surface area contributed by atoms with Gasteiger partial charge in [0.2, 0.25) is 0 Å². The number of benzene rings is 1. The zero-order chi connectivity index (χ0) is 16.4. The average molecular weight is 323 g/mol. The topological polar surface area (TPSA) is 94.5 Å². The summed E-state index contributed by atoms with van der Waals surface area (Å²) in [6, 6.07) is 11.3. The number of hydrogen-bond acceptors (Lipinski definition) is 5. The van der Waals surface area contributed by atoms with Gasteiger partial charge < -0.3 is 9.40 Å². The third-order valence-corrected chi connectivity index (χ3v) is 4.11. The molecule has 0 radical (unpaired) electrons. The molecule has 1 saturated heterocycles. The summed E-state index contributed by atoms with van der Waals surface area (Å²) in [6.45, 7) is 0. The Morgan fingerprint density at radius 1 is 1.25 bits per heavy atom. The summed E-state index contributed by atoms with van der Waals surface area (Å²) in [6.07, 6.45) is 5.73. The standard InChI is InChI=1S/C17H17N5O2/c23-17(15-8-14(20-21-15)16-6-3-7-24-16)22-19-10-11-9-18-13-5-2-1-4-12(11)13/h1-7,9-10,14-15,18,20-21H,8H2,(H,22,23)/b19-10+. The van der Waals surface area contributed by atoms with Crippen molar-refractivity contribution < 1.29 is 9.21 Å². The van der Waals surface area contributed by atoms with E-state index < -0.39 is 0 Å². The number of aromatic amines is 1. The highest BCUT2D eigenvalue weighted by molar-refractivity contribution is 5.99. The first-order chi connectivity index (χ1) is 11.8. The Bertz CT molecular complexity index is 868. The molecule has 1 aliphatic rings. The van der Waals surface area contributed by atoms with Gasteiger partial charge in [0.25, 0.3) is 5.91 Å². The molecule has 0 saturated carbocycles. The number of carbonyl (C=O) groups is 1. The average Bonchev–Trinajstić information content (AvgIpc) is 3.35. The highest BCUT2D eigenvalue weighted by Crippen LogP contribution is 2.22. The number of nitrogens with one attached hydrogen (secondary N) is 4. The Kier molecular flexibility index (Phi) is 3.86. The molecule has 0 spiro atoms. The molecule has 0 bridgehead atoms. The van der Waals surface area contributed by atoms with E-state index in [-0.39, 0.29) is 18.0 Å². The van der Waals surface area contributed by atoms with Crippen LogP contribution in [0.3, 0.4) is 0 Å². The molecular weight excluding hydrogens is 306 g/mol. The van der Waals surface area contributed by atoms with Gasteiger partial charge in [0, 0.05) is 22.7 Å². The van der Waals surface area contributed by atoms with Gasteiger partial charge in [-0.25, -0.2) is 16.3 Å². The highest BCUT2D eigenvalue weighted by atomic mass is 16.3. The van der Waals surface area contributed by atoms with Gasteiger partial charge in [-0.2, -0.15) is 5.10 Å². The first-order valence-electron chi connectivity index (χ1n) is 7.75. The number of amides is 1. The van der Waals surface area contributed by atoms with Crippen LogP contribution in [0.2, 0.25) is 0 Å². The van der Waals surface area contributed by atoms with Crippen molar-refractivity contribution in [2.75, 3.05) is 0 Å². The van der Waals surface area contributed by atoms with Crippen LogP contribution < -0.4 is 16.3 Å². The van der Waals surface area contributed by atoms with Crippen LogP contribution in [0.4, 0.5) is 0 Å². The summed E-state index contributed by atoms with van der Waals surface area (Å²) in [4.78, 5) is 15.4. The van der Waals surface area contributed by atoms with Crippen molar-refractivity contribution in [2.24, 2.45) is 5.10 Å². The lowest BCUT2D eigenvalue weighted by Crippen LogP contribution is -2.41. The Morgan fingerprint density at radius 3 is 3.04 bits per heavy atom. The second kappa shape index (κ2) is 6.31. The number of aromatic nitrogens is 1. The van der Waals surface area contributed by atoms with Crippen molar-refractivity contribution >= 4 is 23.0 Å². The summed E-state index contributed by atoms with van der Waals surface area (Å²) in [5.74, 6) is 0.618. The van der Waals surface area contributed by atoms with E-state index >= 15 is 0 Å². The number of H-pyrrole nitrogens is 1. The van der Waals surface area contributed by atoms with Crippen molar-refractivity contribution in [1.29, 1.82) is 0 Å². The lowest BCUT2D eigenvalue weighted by Gasteiger charge is -2.06. The number of hydrazine groups is 1. The molecular formula is C17H17N5O2. The maximum absolute atomic E-state index is 12.2. The minimum Gasteiger partial charge on any atom is -0.468 e. The van der Waals surface area contributed by atoms with Crippen LogP contribution in [0, 0.1) is 0 Å². The van der Waals surface area contributed by atoms with Crippen molar-refractivity contribution in [1.82, 2.24) is 21.3 Å². The van der Waals surface area contributed by atoms with Crippen molar-refractivity contribution in [2.45, 2.75) is 18.5 Å². The van der Waals surface area contributed by atoms with Gasteiger partial charge in [-0.15, -0.1) is 0 Å². The Morgan fingerprint density at radius 2 is 2.17 bits per heavy atom. The SMILES string of the molecule is O=C(N/N=C/c1c[nH]c2ccccc12)C1CC(c2ccco2)NN1. The number of fused-ring (bicyclic) bond motifs is 1. The molecule has 7 nitrogen and oxygen atoms in total. The quantitative estimate of drug-likeness (QED) is 0.435. The molecule has 122 valence electrons. The number of carbonyl (C=O) groups excluding carboxylic acids is 1. The molecule has 0 aliphatic carbocycles. The van der Waals surface area contributed by atoms with Crippen molar-refractivity contribution in [3.63, 3.8) is 0 Å². The Balaban J connectivity index is 1.37. The fourth-order valence-corrected chi connectivity index (χ4v) is 2.85. The van der Waals surface area contributed by atoms with Gasteiger partial charge in [0.15, 0.2) is 0 Å². The number of hydrogen-bond donors (Lipinski definition) is 4. The third kappa shape index (κ3) is 2.82. The Labute approximate surface area is 138 Å². The molecule has 2 unspecified atom stereocenters. The first-order valence-corrected chi connectivity index (χ1v) is 7.75. The molecule has 3 heterocycles. The fourth-order valence-electron chi connectivity index (χ4n) is 2.85. The normalized spacial score (nSPS) is 20.8. The molecule has 1 aromatic carbocycles. The van der Waals surface area contributed by atoms with E-state index in [1.54, 1.807) is 12.5 Å². The number of nitrogens with zero attached hydrogens (tertiary/aromatic N) is 1. The molecule has 1 aliphatic heterocycles. The van der Waals surface area contributed by atoms with E-state index in [0.717, 1.165) is 22.2 Å². The van der Waals surface area contributed by atoms with Gasteiger partial charge >= 0.3 is 0 Å². The fraction of sp³-hybridized carbons (Fsp3) is 0.176. The van der Waals surface area contributed by atoms with Gasteiger partial charge in [-0.1, -0.05) is 18.2 Å². The molecule has 2 atom stereocenters. The second-order valence-corrected chi connectivity index (χ2v) is 5.67. The van der Waals surface area contributed by atoms with Crippen LogP contribution >= 0.6 is 0 Å². The van der Waals surface area contributed by atoms with Crippen LogP contribution in [0.25, 0.3) is 10.9 Å². The Hall–Kier alpha value is -2.90. The first kappa shape index (κ1) is 14.7. The smallest absolute Gasteiger partial charge is 0.258 e. The van der Waals surface area contributed by atoms with Gasteiger partial charge in [0.05, 0.1) is 18.5 Å². The van der Waals surface area contributed by atoms with E-state index in [9.17, 15) is 4.79 Å². The van der Waals surface area contributed by atoms with E-state index in [2.05, 4.69) is 26.4 Å². The summed E-state index contributed by atoms with van der Waals surface area (Å²) < 4.78 is 5.35. The van der Waals surface area contributed by atoms with Crippen molar-refractivity contribution in [3.05, 3.63) is 60.2 Å². The zero-order valence-corrected chi connectivity index (χ0v) is 12.8. The minimum absolute atomic E-state index is 0.0200. The number of rotatable bonds is 4. The number of para-hydroxylation sites is 1. The van der Waals surface area contributed by atoms with E-state index in [4.69, 9.17) is 4.42 Å². The van der Waals surface area contributed by atoms with Crippen LogP contribution in [0.5, 0.6) is 0 Å². The predicted molar refractivity (Wildman–Crippen MR) is 90.2 cm³/mol. The summed E-state index contributed by atoms with van der Waals surface area (Å²) in [5, 5.41) is 5.12. The number of furan rings is 1. The summed E-state index contributed by atoms with van der Waals surface area (Å²) >= 11 is 0. The van der Waals surface area contributed by atoms with E-state index in [1.165, 1.54) is 0 Å². The van der Waals surface area contributed by atoms with E-state index in [0.29, 0.717) is 6.42 Å². The maximum atomic E-state index is 12.2. The molecule has 3 aromatic rings. The number of hydrazone groups is 1. The lowest BCUT2D eigenvalue weighted by molar-refractivity contribution is -0.122. The summed E-state index contributed by atoms with van der Waals surface area (Å²) in [7, 11) is 0. The third-order valence-electron chi connectivity index (χ3n) is 4.11.